The summed E-state index contributed by atoms with van der Waals surface area (Å²) in [6, 6.07) is 0.649. The number of rotatable bonds is 4. The van der Waals surface area contributed by atoms with E-state index in [2.05, 4.69) is 10.2 Å². The lowest BCUT2D eigenvalue weighted by atomic mass is 10.3. The van der Waals surface area contributed by atoms with Gasteiger partial charge < -0.3 is 5.11 Å². The predicted octanol–water partition coefficient (Wildman–Crippen LogP) is 1.56. The summed E-state index contributed by atoms with van der Waals surface area (Å²) in [6.07, 6.45) is -4.18. The van der Waals surface area contributed by atoms with Crippen LogP contribution in [-0.2, 0) is 16.0 Å². The third kappa shape index (κ3) is 3.11. The molecule has 116 valence electrons. The van der Waals surface area contributed by atoms with Gasteiger partial charge in [0.05, 0.1) is 16.3 Å². The molecule has 0 aliphatic rings. The molecule has 0 radical (unpaired) electrons. The second-order valence-corrected chi connectivity index (χ2v) is 6.56. The van der Waals surface area contributed by atoms with Crippen molar-refractivity contribution in [1.29, 1.82) is 0 Å². The Morgan fingerprint density at radius 3 is 2.57 bits per heavy atom. The number of sulfone groups is 1. The Balaban J connectivity index is 2.65. The lowest BCUT2D eigenvalue weighted by Crippen LogP contribution is -2.13. The van der Waals surface area contributed by atoms with Crippen molar-refractivity contribution in [2.24, 2.45) is 0 Å². The molecular formula is C10H9ClF3N3O3S. The summed E-state index contributed by atoms with van der Waals surface area (Å²) in [6.45, 7) is -0.371. The van der Waals surface area contributed by atoms with Crippen LogP contribution >= 0.6 is 11.6 Å². The Kier molecular flexibility index (Phi) is 4.13. The van der Waals surface area contributed by atoms with Crippen LogP contribution in [0.1, 0.15) is 12.0 Å². The molecule has 0 unspecified atom stereocenters. The highest BCUT2D eigenvalue weighted by Crippen LogP contribution is 2.32. The molecule has 2 rings (SSSR count). The third-order valence-electron chi connectivity index (χ3n) is 2.61. The first kappa shape index (κ1) is 16.0. The number of aliphatic hydroxyl groups excluding tert-OH is 1. The Bertz CT molecular complexity index is 773. The average Bonchev–Trinajstić information content (AvgIpc) is 2.80. The molecule has 0 bridgehead atoms. The Hall–Kier alpha value is -1.39. The van der Waals surface area contributed by atoms with Gasteiger partial charge in [0.15, 0.2) is 5.65 Å². The number of alkyl halides is 3. The van der Waals surface area contributed by atoms with E-state index in [0.29, 0.717) is 16.7 Å². The van der Waals surface area contributed by atoms with Gasteiger partial charge in [-0.2, -0.15) is 13.2 Å². The zero-order valence-electron chi connectivity index (χ0n) is 10.3. The van der Waals surface area contributed by atoms with Gasteiger partial charge >= 0.3 is 6.18 Å². The van der Waals surface area contributed by atoms with Gasteiger partial charge in [-0.3, -0.25) is 4.40 Å². The number of fused-ring (bicyclic) bond motifs is 1. The lowest BCUT2D eigenvalue weighted by molar-refractivity contribution is -0.137. The fraction of sp³-hybridized carbons (Fsp3) is 0.400. The molecule has 6 nitrogen and oxygen atoms in total. The number of pyridine rings is 1. The molecule has 0 amide bonds. The monoisotopic (exact) mass is 343 g/mol. The summed E-state index contributed by atoms with van der Waals surface area (Å²) in [5.41, 5.74) is -1.30. The molecule has 2 aromatic heterocycles. The van der Waals surface area contributed by atoms with Gasteiger partial charge in [-0.05, 0) is 12.5 Å². The molecule has 2 aromatic rings. The summed E-state index contributed by atoms with van der Waals surface area (Å²) in [7, 11) is -3.98. The van der Waals surface area contributed by atoms with Crippen LogP contribution in [0.4, 0.5) is 13.2 Å². The molecule has 0 saturated carbocycles. The van der Waals surface area contributed by atoms with Crippen molar-refractivity contribution in [2.45, 2.75) is 17.8 Å². The first-order chi connectivity index (χ1) is 9.66. The van der Waals surface area contributed by atoms with Crippen LogP contribution in [-0.4, -0.2) is 40.5 Å². The molecule has 0 fully saturated rings. The molecule has 0 atom stereocenters. The number of aromatic nitrogens is 3. The maximum absolute atomic E-state index is 12.7. The minimum Gasteiger partial charge on any atom is -0.396 e. The fourth-order valence-corrected chi connectivity index (χ4v) is 3.19. The van der Waals surface area contributed by atoms with E-state index in [0.717, 1.165) is 0 Å². The summed E-state index contributed by atoms with van der Waals surface area (Å²) in [5, 5.41) is 14.5. The predicted molar refractivity (Wildman–Crippen MR) is 66.8 cm³/mol. The number of halogens is 4. The van der Waals surface area contributed by atoms with Gasteiger partial charge in [0.1, 0.15) is 0 Å². The van der Waals surface area contributed by atoms with Crippen LogP contribution in [0.15, 0.2) is 17.4 Å². The fourth-order valence-electron chi connectivity index (χ4n) is 1.65. The van der Waals surface area contributed by atoms with E-state index in [-0.39, 0.29) is 23.7 Å². The summed E-state index contributed by atoms with van der Waals surface area (Å²) < 4.78 is 62.9. The largest absolute Gasteiger partial charge is 0.417 e. The Morgan fingerprint density at radius 1 is 1.33 bits per heavy atom. The van der Waals surface area contributed by atoms with Crippen LogP contribution < -0.4 is 0 Å². The SMILES string of the molecule is O=S(=O)(CCCO)c1nnc2c(Cl)cc(C(F)(F)F)cn12. The highest BCUT2D eigenvalue weighted by molar-refractivity contribution is 7.91. The van der Waals surface area contributed by atoms with Gasteiger partial charge in [-0.15, -0.1) is 10.2 Å². The van der Waals surface area contributed by atoms with E-state index in [1.54, 1.807) is 0 Å². The summed E-state index contributed by atoms with van der Waals surface area (Å²) >= 11 is 5.68. The molecule has 2 heterocycles. The topological polar surface area (TPSA) is 84.6 Å². The summed E-state index contributed by atoms with van der Waals surface area (Å²) in [5.74, 6) is -0.460. The van der Waals surface area contributed by atoms with Crippen LogP contribution in [0.5, 0.6) is 0 Å². The first-order valence-electron chi connectivity index (χ1n) is 5.62. The number of hydrogen-bond acceptors (Lipinski definition) is 5. The van der Waals surface area contributed by atoms with E-state index < -0.39 is 32.5 Å². The maximum Gasteiger partial charge on any atom is 0.417 e. The van der Waals surface area contributed by atoms with Crippen molar-refractivity contribution in [2.75, 3.05) is 12.4 Å². The average molecular weight is 344 g/mol. The van der Waals surface area contributed by atoms with Gasteiger partial charge in [-0.25, -0.2) is 8.42 Å². The van der Waals surface area contributed by atoms with Crippen molar-refractivity contribution >= 4 is 27.1 Å². The van der Waals surface area contributed by atoms with E-state index in [1.807, 2.05) is 0 Å². The number of aliphatic hydroxyl groups is 1. The van der Waals surface area contributed by atoms with Crippen LogP contribution in [0.2, 0.25) is 5.02 Å². The number of hydrogen-bond donors (Lipinski definition) is 1. The zero-order chi connectivity index (χ0) is 15.8. The normalized spacial score (nSPS) is 13.0. The summed E-state index contributed by atoms with van der Waals surface area (Å²) in [4.78, 5) is 0. The van der Waals surface area contributed by atoms with Gasteiger partial charge in [0.2, 0.25) is 9.84 Å². The lowest BCUT2D eigenvalue weighted by Gasteiger charge is -2.09. The second kappa shape index (κ2) is 5.43. The van der Waals surface area contributed by atoms with Crippen molar-refractivity contribution in [3.8, 4) is 0 Å². The van der Waals surface area contributed by atoms with Crippen molar-refractivity contribution in [3.63, 3.8) is 0 Å². The Morgan fingerprint density at radius 2 is 2.00 bits per heavy atom. The van der Waals surface area contributed by atoms with Crippen molar-refractivity contribution < 1.29 is 26.7 Å². The zero-order valence-corrected chi connectivity index (χ0v) is 11.9. The molecule has 0 saturated heterocycles. The van der Waals surface area contributed by atoms with Gasteiger partial charge in [0, 0.05) is 12.8 Å². The number of nitrogens with zero attached hydrogens (tertiary/aromatic N) is 3. The highest BCUT2D eigenvalue weighted by Gasteiger charge is 2.33. The molecule has 0 aliphatic heterocycles. The van der Waals surface area contributed by atoms with E-state index in [4.69, 9.17) is 16.7 Å². The van der Waals surface area contributed by atoms with Crippen LogP contribution in [0.25, 0.3) is 5.65 Å². The molecule has 0 spiro atoms. The molecule has 11 heteroatoms. The van der Waals surface area contributed by atoms with E-state index >= 15 is 0 Å². The molecule has 0 aliphatic carbocycles. The minimum absolute atomic E-state index is 0.0655. The van der Waals surface area contributed by atoms with Crippen molar-refractivity contribution in [1.82, 2.24) is 14.6 Å². The molecule has 21 heavy (non-hydrogen) atoms. The first-order valence-corrected chi connectivity index (χ1v) is 7.65. The van der Waals surface area contributed by atoms with Crippen LogP contribution in [0.3, 0.4) is 0 Å². The molecule has 0 aromatic carbocycles. The van der Waals surface area contributed by atoms with Gasteiger partial charge in [0.25, 0.3) is 5.16 Å². The second-order valence-electron chi connectivity index (χ2n) is 4.15. The van der Waals surface area contributed by atoms with Crippen LogP contribution in [0, 0.1) is 0 Å². The third-order valence-corrected chi connectivity index (χ3v) is 4.54. The smallest absolute Gasteiger partial charge is 0.396 e. The van der Waals surface area contributed by atoms with E-state index in [1.165, 1.54) is 0 Å². The Labute approximate surface area is 122 Å². The molecule has 1 N–H and O–H groups in total. The maximum atomic E-state index is 12.7. The van der Waals surface area contributed by atoms with Crippen molar-refractivity contribution in [3.05, 3.63) is 22.8 Å². The highest BCUT2D eigenvalue weighted by atomic mass is 35.5. The molecular weight excluding hydrogens is 335 g/mol. The van der Waals surface area contributed by atoms with Gasteiger partial charge in [-0.1, -0.05) is 11.6 Å². The minimum atomic E-state index is -4.69. The van der Waals surface area contributed by atoms with E-state index in [9.17, 15) is 21.6 Å². The quantitative estimate of drug-likeness (QED) is 0.910. The standard InChI is InChI=1S/C10H9ClF3N3O3S/c11-7-4-6(10(12,13)14)5-17-8(7)15-16-9(17)21(19,20)3-1-2-18/h4-5,18H,1-3H2.